The van der Waals surface area contributed by atoms with Gasteiger partial charge in [-0.3, -0.25) is 9.69 Å². The van der Waals surface area contributed by atoms with Crippen molar-refractivity contribution in [3.63, 3.8) is 0 Å². The molecule has 0 radical (unpaired) electrons. The lowest BCUT2D eigenvalue weighted by molar-refractivity contribution is -0.144. The molecule has 2 aliphatic heterocycles. The maximum atomic E-state index is 12.3. The molecule has 1 unspecified atom stereocenters. The Morgan fingerprint density at radius 2 is 2.18 bits per heavy atom. The highest BCUT2D eigenvalue weighted by molar-refractivity contribution is 5.75. The molecule has 3 N–H and O–H groups in total. The predicted octanol–water partition coefficient (Wildman–Crippen LogP) is 2.73. The summed E-state index contributed by atoms with van der Waals surface area (Å²) in [6, 6.07) is 7.92. The van der Waals surface area contributed by atoms with Gasteiger partial charge in [0, 0.05) is 36.4 Å². The Labute approximate surface area is 166 Å². The minimum absolute atomic E-state index is 0.0662. The maximum Gasteiger partial charge on any atom is 0.321 e. The van der Waals surface area contributed by atoms with Gasteiger partial charge in [0.2, 0.25) is 0 Å². The molecule has 150 valence electrons. The number of imidazole rings is 1. The van der Waals surface area contributed by atoms with Crippen LogP contribution in [0.25, 0.3) is 5.69 Å². The number of hydrogen-bond donors (Lipinski definition) is 2. The molecule has 0 bridgehead atoms. The summed E-state index contributed by atoms with van der Waals surface area (Å²) in [4.78, 5) is 19.2. The van der Waals surface area contributed by atoms with Gasteiger partial charge in [0.25, 0.3) is 0 Å². The Morgan fingerprint density at radius 3 is 2.89 bits per heavy atom. The molecule has 6 nitrogen and oxygen atoms in total. The number of nitrogens with two attached hydrogens (primary N) is 1. The van der Waals surface area contributed by atoms with E-state index in [-0.39, 0.29) is 12.0 Å². The summed E-state index contributed by atoms with van der Waals surface area (Å²) < 4.78 is 2.17. The van der Waals surface area contributed by atoms with Gasteiger partial charge in [-0.05, 0) is 37.3 Å². The van der Waals surface area contributed by atoms with Crippen LogP contribution in [0.5, 0.6) is 0 Å². The molecule has 3 heterocycles. The third-order valence-electron chi connectivity index (χ3n) is 6.28. The third-order valence-corrected chi connectivity index (χ3v) is 6.28. The van der Waals surface area contributed by atoms with Crippen molar-refractivity contribution in [3.8, 4) is 5.69 Å². The van der Waals surface area contributed by atoms with Crippen molar-refractivity contribution in [3.05, 3.63) is 47.5 Å². The molecule has 0 spiro atoms. The SMILES string of the molecule is CCCCC(c1ncn2c1CCc1ccccc1-2)[C@@H](C(=O)O)N1CC[C@H](N)C1. The number of rotatable bonds is 7. The fourth-order valence-corrected chi connectivity index (χ4v) is 4.88. The number of fused-ring (bicyclic) bond motifs is 3. The zero-order valence-electron chi connectivity index (χ0n) is 16.6. The van der Waals surface area contributed by atoms with Crippen molar-refractivity contribution < 1.29 is 9.90 Å². The lowest BCUT2D eigenvalue weighted by Gasteiger charge is -2.32. The van der Waals surface area contributed by atoms with E-state index in [1.54, 1.807) is 0 Å². The van der Waals surface area contributed by atoms with Crippen LogP contribution in [0.15, 0.2) is 30.6 Å². The molecule has 4 rings (SSSR count). The standard InChI is InChI=1S/C22H30N4O2/c1-2-3-7-17(21(22(27)28)25-12-11-16(23)13-25)20-19-10-9-15-6-4-5-8-18(15)26(19)14-24-20/h4-6,8,14,16-17,21H,2-3,7,9-13,23H2,1H3,(H,27,28)/t16-,17?,21-/m0/s1. The summed E-state index contributed by atoms with van der Waals surface area (Å²) >= 11 is 0. The maximum absolute atomic E-state index is 12.3. The van der Waals surface area contributed by atoms with E-state index in [2.05, 4.69) is 34.6 Å². The Balaban J connectivity index is 1.73. The van der Waals surface area contributed by atoms with E-state index < -0.39 is 12.0 Å². The van der Waals surface area contributed by atoms with Gasteiger partial charge in [-0.25, -0.2) is 4.98 Å². The first-order valence-electron chi connectivity index (χ1n) is 10.5. The normalized spacial score (nSPS) is 21.1. The molecule has 2 aliphatic rings. The first-order valence-corrected chi connectivity index (χ1v) is 10.5. The molecule has 28 heavy (non-hydrogen) atoms. The fourth-order valence-electron chi connectivity index (χ4n) is 4.88. The molecule has 1 aromatic carbocycles. The van der Waals surface area contributed by atoms with Crippen molar-refractivity contribution in [2.75, 3.05) is 13.1 Å². The zero-order valence-corrected chi connectivity index (χ0v) is 16.6. The average molecular weight is 383 g/mol. The highest BCUT2D eigenvalue weighted by atomic mass is 16.4. The molecule has 1 fully saturated rings. The average Bonchev–Trinajstić information content (AvgIpc) is 3.31. The fraction of sp³-hybridized carbons (Fsp3) is 0.545. The topological polar surface area (TPSA) is 84.4 Å². The lowest BCUT2D eigenvalue weighted by Crippen LogP contribution is -2.45. The van der Waals surface area contributed by atoms with Gasteiger partial charge in [0.05, 0.1) is 12.0 Å². The van der Waals surface area contributed by atoms with Gasteiger partial charge in [0.1, 0.15) is 6.04 Å². The lowest BCUT2D eigenvalue weighted by atomic mass is 9.86. The number of aromatic nitrogens is 2. The Bertz CT molecular complexity index is 847. The number of aryl methyl sites for hydroxylation is 1. The molecular weight excluding hydrogens is 352 g/mol. The summed E-state index contributed by atoms with van der Waals surface area (Å²) in [6.07, 6.45) is 7.50. The zero-order chi connectivity index (χ0) is 19.7. The summed E-state index contributed by atoms with van der Waals surface area (Å²) in [6.45, 7) is 3.55. The van der Waals surface area contributed by atoms with E-state index >= 15 is 0 Å². The molecule has 6 heteroatoms. The molecule has 0 amide bonds. The van der Waals surface area contributed by atoms with Crippen molar-refractivity contribution in [1.82, 2.24) is 14.5 Å². The van der Waals surface area contributed by atoms with Crippen LogP contribution in [0.3, 0.4) is 0 Å². The minimum atomic E-state index is -0.756. The Hall–Kier alpha value is -2.18. The van der Waals surface area contributed by atoms with Crippen LogP contribution in [-0.4, -0.2) is 50.7 Å². The van der Waals surface area contributed by atoms with E-state index in [4.69, 9.17) is 10.7 Å². The summed E-state index contributed by atoms with van der Waals surface area (Å²) in [5.74, 6) is -0.863. The van der Waals surface area contributed by atoms with Crippen LogP contribution in [0.4, 0.5) is 0 Å². The van der Waals surface area contributed by atoms with Crippen LogP contribution in [0, 0.1) is 0 Å². The van der Waals surface area contributed by atoms with Gasteiger partial charge >= 0.3 is 5.97 Å². The molecule has 1 aromatic heterocycles. The molecule has 1 saturated heterocycles. The van der Waals surface area contributed by atoms with Gasteiger partial charge in [0.15, 0.2) is 0 Å². The highest BCUT2D eigenvalue weighted by Crippen LogP contribution is 2.35. The van der Waals surface area contributed by atoms with Crippen molar-refractivity contribution in [2.24, 2.45) is 5.73 Å². The Morgan fingerprint density at radius 1 is 1.36 bits per heavy atom. The number of carbonyl (C=O) groups is 1. The van der Waals surface area contributed by atoms with Gasteiger partial charge < -0.3 is 15.4 Å². The highest BCUT2D eigenvalue weighted by Gasteiger charge is 2.40. The molecule has 0 saturated carbocycles. The number of aliphatic carboxylic acids is 1. The number of unbranched alkanes of at least 4 members (excludes halogenated alkanes) is 1. The third kappa shape index (κ3) is 3.47. The number of nitrogens with zero attached hydrogens (tertiary/aromatic N) is 3. The first kappa shape index (κ1) is 19.2. The Kier molecular flexibility index (Phi) is 5.51. The summed E-state index contributed by atoms with van der Waals surface area (Å²) in [5.41, 5.74) is 10.7. The van der Waals surface area contributed by atoms with Crippen molar-refractivity contribution >= 4 is 5.97 Å². The van der Waals surface area contributed by atoms with E-state index in [9.17, 15) is 9.90 Å². The molecule has 3 atom stereocenters. The number of likely N-dealkylation sites (tertiary alicyclic amines) is 1. The number of para-hydroxylation sites is 1. The molecular formula is C22H30N4O2. The monoisotopic (exact) mass is 382 g/mol. The van der Waals surface area contributed by atoms with Crippen LogP contribution < -0.4 is 5.73 Å². The van der Waals surface area contributed by atoms with Crippen LogP contribution >= 0.6 is 0 Å². The van der Waals surface area contributed by atoms with E-state index in [0.29, 0.717) is 6.54 Å². The molecule has 2 aromatic rings. The van der Waals surface area contributed by atoms with E-state index in [1.165, 1.54) is 16.9 Å². The summed E-state index contributed by atoms with van der Waals surface area (Å²) in [5, 5.41) is 10.1. The first-order chi connectivity index (χ1) is 13.6. The second-order valence-corrected chi connectivity index (χ2v) is 8.15. The minimum Gasteiger partial charge on any atom is -0.480 e. The number of benzene rings is 1. The van der Waals surface area contributed by atoms with Crippen LogP contribution in [-0.2, 0) is 17.6 Å². The second kappa shape index (κ2) is 8.05. The number of hydrogen-bond acceptors (Lipinski definition) is 4. The van der Waals surface area contributed by atoms with E-state index in [1.807, 2.05) is 12.4 Å². The van der Waals surface area contributed by atoms with Crippen LogP contribution in [0.2, 0.25) is 0 Å². The smallest absolute Gasteiger partial charge is 0.321 e. The van der Waals surface area contributed by atoms with Gasteiger partial charge in [-0.15, -0.1) is 0 Å². The largest absolute Gasteiger partial charge is 0.480 e. The predicted molar refractivity (Wildman–Crippen MR) is 109 cm³/mol. The quantitative estimate of drug-likeness (QED) is 0.769. The second-order valence-electron chi connectivity index (χ2n) is 8.15. The summed E-state index contributed by atoms with van der Waals surface area (Å²) in [7, 11) is 0. The van der Waals surface area contributed by atoms with E-state index in [0.717, 1.165) is 50.8 Å². The van der Waals surface area contributed by atoms with Crippen molar-refractivity contribution in [2.45, 2.75) is 63.5 Å². The molecule has 0 aliphatic carbocycles. The van der Waals surface area contributed by atoms with Gasteiger partial charge in [-0.2, -0.15) is 0 Å². The van der Waals surface area contributed by atoms with Gasteiger partial charge in [-0.1, -0.05) is 38.0 Å². The number of carboxylic acid groups (broad SMARTS) is 1. The van der Waals surface area contributed by atoms with Crippen molar-refractivity contribution in [1.29, 1.82) is 0 Å². The number of carboxylic acids is 1. The van der Waals surface area contributed by atoms with Crippen LogP contribution in [0.1, 0.15) is 55.5 Å².